The maximum atomic E-state index is 13.9. The molecule has 38 heavy (non-hydrogen) atoms. The zero-order chi connectivity index (χ0) is 27.6. The Kier molecular flexibility index (Phi) is 7.62. The number of phenols is 1. The SMILES string of the molecule is C[C@@H](C(=O)N[C@H]1CCc2ccccc2N(Cc2c(O)ccc3ccccc23)C1=O)N(C)C(=O)OC(C)(C)C. The van der Waals surface area contributed by atoms with Gasteiger partial charge in [-0.1, -0.05) is 48.5 Å². The lowest BCUT2D eigenvalue weighted by atomic mass is 10.0. The lowest BCUT2D eigenvalue weighted by Crippen LogP contribution is -2.54. The molecule has 0 saturated carbocycles. The molecule has 3 aromatic rings. The molecule has 8 nitrogen and oxygen atoms in total. The molecule has 0 radical (unpaired) electrons. The molecule has 8 heteroatoms. The second kappa shape index (κ2) is 10.7. The monoisotopic (exact) mass is 517 g/mol. The predicted molar refractivity (Wildman–Crippen MR) is 147 cm³/mol. The van der Waals surface area contributed by atoms with Crippen molar-refractivity contribution in [3.63, 3.8) is 0 Å². The lowest BCUT2D eigenvalue weighted by molar-refractivity contribution is -0.130. The van der Waals surface area contributed by atoms with Crippen LogP contribution in [0.3, 0.4) is 0 Å². The predicted octanol–water partition coefficient (Wildman–Crippen LogP) is 4.77. The summed E-state index contributed by atoms with van der Waals surface area (Å²) >= 11 is 0. The number of nitrogens with one attached hydrogen (secondary N) is 1. The van der Waals surface area contributed by atoms with Crippen molar-refractivity contribution < 1.29 is 24.2 Å². The molecular formula is C30H35N3O5. The Morgan fingerprint density at radius 2 is 1.79 bits per heavy atom. The molecule has 0 fully saturated rings. The molecule has 0 aliphatic carbocycles. The van der Waals surface area contributed by atoms with Crippen molar-refractivity contribution >= 4 is 34.4 Å². The van der Waals surface area contributed by atoms with E-state index < -0.39 is 29.7 Å². The van der Waals surface area contributed by atoms with Gasteiger partial charge in [-0.3, -0.25) is 14.5 Å². The lowest BCUT2D eigenvalue weighted by Gasteiger charge is -2.30. The summed E-state index contributed by atoms with van der Waals surface area (Å²) in [4.78, 5) is 42.5. The Balaban J connectivity index is 1.61. The topological polar surface area (TPSA) is 99.2 Å². The summed E-state index contributed by atoms with van der Waals surface area (Å²) in [7, 11) is 1.50. The number of anilines is 1. The molecule has 2 atom stereocenters. The Morgan fingerprint density at radius 1 is 1.11 bits per heavy atom. The smallest absolute Gasteiger partial charge is 0.410 e. The Morgan fingerprint density at radius 3 is 2.53 bits per heavy atom. The van der Waals surface area contributed by atoms with Gasteiger partial charge in [-0.25, -0.2) is 4.79 Å². The van der Waals surface area contributed by atoms with Crippen LogP contribution in [-0.4, -0.2) is 52.6 Å². The average Bonchev–Trinajstić information content (AvgIpc) is 3.00. The van der Waals surface area contributed by atoms with Crippen LogP contribution in [-0.2, 0) is 27.3 Å². The van der Waals surface area contributed by atoms with Gasteiger partial charge < -0.3 is 20.1 Å². The minimum atomic E-state index is -0.848. The Hall–Kier alpha value is -4.07. The third kappa shape index (κ3) is 5.74. The van der Waals surface area contributed by atoms with E-state index in [1.165, 1.54) is 11.9 Å². The summed E-state index contributed by atoms with van der Waals surface area (Å²) in [6.07, 6.45) is 0.372. The first kappa shape index (κ1) is 27.0. The fraction of sp³-hybridized carbons (Fsp3) is 0.367. The van der Waals surface area contributed by atoms with Crippen LogP contribution in [0.4, 0.5) is 10.5 Å². The van der Waals surface area contributed by atoms with Crippen molar-refractivity contribution in [1.29, 1.82) is 0 Å². The molecule has 1 aliphatic heterocycles. The second-order valence-corrected chi connectivity index (χ2v) is 10.7. The number of amides is 3. The first-order valence-electron chi connectivity index (χ1n) is 12.8. The van der Waals surface area contributed by atoms with Crippen LogP contribution in [0.25, 0.3) is 10.8 Å². The van der Waals surface area contributed by atoms with Crippen molar-refractivity contribution in [3.05, 3.63) is 71.8 Å². The maximum absolute atomic E-state index is 13.9. The molecule has 0 unspecified atom stereocenters. The summed E-state index contributed by atoms with van der Waals surface area (Å²) in [6, 6.07) is 17.2. The van der Waals surface area contributed by atoms with E-state index in [0.717, 1.165) is 22.0 Å². The fourth-order valence-corrected chi connectivity index (χ4v) is 4.62. The zero-order valence-corrected chi connectivity index (χ0v) is 22.5. The number of aromatic hydroxyl groups is 1. The fourth-order valence-electron chi connectivity index (χ4n) is 4.62. The van der Waals surface area contributed by atoms with E-state index in [0.29, 0.717) is 18.4 Å². The van der Waals surface area contributed by atoms with Crippen LogP contribution in [0.1, 0.15) is 45.2 Å². The van der Waals surface area contributed by atoms with Crippen molar-refractivity contribution in [1.82, 2.24) is 10.2 Å². The highest BCUT2D eigenvalue weighted by Gasteiger charge is 2.34. The molecular weight excluding hydrogens is 482 g/mol. The first-order chi connectivity index (χ1) is 18.0. The van der Waals surface area contributed by atoms with Gasteiger partial charge in [-0.2, -0.15) is 0 Å². The van der Waals surface area contributed by atoms with Gasteiger partial charge in [0.1, 0.15) is 23.4 Å². The van der Waals surface area contributed by atoms with Gasteiger partial charge in [0.05, 0.1) is 6.54 Å². The van der Waals surface area contributed by atoms with Crippen LogP contribution >= 0.6 is 0 Å². The van der Waals surface area contributed by atoms with Crippen LogP contribution < -0.4 is 10.2 Å². The largest absolute Gasteiger partial charge is 0.508 e. The van der Waals surface area contributed by atoms with Gasteiger partial charge in [0.2, 0.25) is 11.8 Å². The third-order valence-corrected chi connectivity index (χ3v) is 6.84. The number of hydrogen-bond acceptors (Lipinski definition) is 5. The molecule has 3 amide bonds. The highest BCUT2D eigenvalue weighted by molar-refractivity contribution is 6.02. The number of likely N-dealkylation sites (N-methyl/N-ethyl adjacent to an activating group) is 1. The second-order valence-electron chi connectivity index (χ2n) is 10.7. The van der Waals surface area contributed by atoms with Gasteiger partial charge >= 0.3 is 6.09 Å². The average molecular weight is 518 g/mol. The van der Waals surface area contributed by atoms with Gasteiger partial charge in [0.25, 0.3) is 0 Å². The van der Waals surface area contributed by atoms with E-state index in [9.17, 15) is 19.5 Å². The number of carbonyl (C=O) groups excluding carboxylic acids is 3. The van der Waals surface area contributed by atoms with Crippen LogP contribution in [0.5, 0.6) is 5.75 Å². The van der Waals surface area contributed by atoms with Crippen molar-refractivity contribution in [3.8, 4) is 5.75 Å². The number of carbonyl (C=O) groups is 3. The third-order valence-electron chi connectivity index (χ3n) is 6.84. The number of phenolic OH excluding ortho intramolecular Hbond substituents is 1. The standard InChI is InChI=1S/C30H35N3O5/c1-19(32(5)29(37)38-30(2,3)4)27(35)31-24-16-14-21-11-7-9-13-25(21)33(28(24)36)18-23-22-12-8-6-10-20(22)15-17-26(23)34/h6-13,15,17,19,24,34H,14,16,18H2,1-5H3,(H,31,35)/t19-,24-/m0/s1. The molecule has 200 valence electrons. The number of fused-ring (bicyclic) bond motifs is 2. The van der Waals surface area contributed by atoms with Gasteiger partial charge in [-0.15, -0.1) is 0 Å². The van der Waals surface area contributed by atoms with E-state index in [1.54, 1.807) is 38.7 Å². The molecule has 0 aromatic heterocycles. The molecule has 1 heterocycles. The van der Waals surface area contributed by atoms with Crippen molar-refractivity contribution in [2.24, 2.45) is 0 Å². The van der Waals surface area contributed by atoms with Crippen molar-refractivity contribution in [2.45, 2.75) is 64.8 Å². The quantitative estimate of drug-likeness (QED) is 0.508. The number of ether oxygens (including phenoxy) is 1. The summed E-state index contributed by atoms with van der Waals surface area (Å²) in [5.74, 6) is -0.621. The Bertz CT molecular complexity index is 1360. The molecule has 4 rings (SSSR count). The van der Waals surface area contributed by atoms with E-state index >= 15 is 0 Å². The molecule has 0 spiro atoms. The number of nitrogens with zero attached hydrogens (tertiary/aromatic N) is 2. The van der Waals surface area contributed by atoms with E-state index in [2.05, 4.69) is 5.32 Å². The van der Waals surface area contributed by atoms with Crippen molar-refractivity contribution in [2.75, 3.05) is 11.9 Å². The zero-order valence-electron chi connectivity index (χ0n) is 22.5. The van der Waals surface area contributed by atoms with Crippen LogP contribution in [0, 0.1) is 0 Å². The molecule has 0 bridgehead atoms. The minimum Gasteiger partial charge on any atom is -0.508 e. The molecule has 2 N–H and O–H groups in total. The maximum Gasteiger partial charge on any atom is 0.410 e. The van der Waals surface area contributed by atoms with Crippen LogP contribution in [0.15, 0.2) is 60.7 Å². The number of hydrogen-bond donors (Lipinski definition) is 2. The molecule has 0 saturated heterocycles. The molecule has 1 aliphatic rings. The summed E-state index contributed by atoms with van der Waals surface area (Å²) in [5.41, 5.74) is 1.67. The number of aryl methyl sites for hydroxylation is 1. The minimum absolute atomic E-state index is 0.103. The first-order valence-corrected chi connectivity index (χ1v) is 12.8. The molecule has 3 aromatic carbocycles. The van der Waals surface area contributed by atoms with E-state index in [-0.39, 0.29) is 18.2 Å². The van der Waals surface area contributed by atoms with Gasteiger partial charge in [-0.05, 0) is 69.0 Å². The van der Waals surface area contributed by atoms with E-state index in [1.807, 2.05) is 54.6 Å². The summed E-state index contributed by atoms with van der Waals surface area (Å²) < 4.78 is 5.38. The highest BCUT2D eigenvalue weighted by Crippen LogP contribution is 2.33. The summed E-state index contributed by atoms with van der Waals surface area (Å²) in [6.45, 7) is 7.01. The van der Waals surface area contributed by atoms with Gasteiger partial charge in [0.15, 0.2) is 0 Å². The number of rotatable bonds is 5. The van der Waals surface area contributed by atoms with Gasteiger partial charge in [0, 0.05) is 18.3 Å². The highest BCUT2D eigenvalue weighted by atomic mass is 16.6. The Labute approximate surface area is 223 Å². The van der Waals surface area contributed by atoms with Crippen LogP contribution in [0.2, 0.25) is 0 Å². The summed E-state index contributed by atoms with van der Waals surface area (Å²) in [5, 5.41) is 15.4. The number of para-hydroxylation sites is 1. The number of benzene rings is 3. The normalized spacial score (nSPS) is 16.4. The van der Waals surface area contributed by atoms with E-state index in [4.69, 9.17) is 4.74 Å².